The first-order valence-electron chi connectivity index (χ1n) is 9.16. The molecule has 4 aliphatic carbocycles. The highest BCUT2D eigenvalue weighted by Crippen LogP contribution is 2.59. The van der Waals surface area contributed by atoms with Gasteiger partial charge in [0.05, 0.1) is 0 Å². The molecule has 4 bridgehead atoms. The molecule has 0 atom stereocenters. The summed E-state index contributed by atoms with van der Waals surface area (Å²) in [5, 5.41) is 0. The zero-order valence-corrected chi connectivity index (χ0v) is 13.2. The Morgan fingerprint density at radius 2 is 1.74 bits per heavy atom. The van der Waals surface area contributed by atoms with Gasteiger partial charge in [-0.15, -0.1) is 0 Å². The van der Waals surface area contributed by atoms with Crippen LogP contribution >= 0.6 is 0 Å². The normalized spacial score (nSPS) is 37.7. The summed E-state index contributed by atoms with van der Waals surface area (Å²) in [5.74, 6) is 5.41. The van der Waals surface area contributed by atoms with E-state index in [1.54, 1.807) is 4.57 Å². The van der Waals surface area contributed by atoms with Crippen LogP contribution in [-0.4, -0.2) is 14.5 Å². The topological polar surface area (TPSA) is 60.9 Å². The molecule has 0 N–H and O–H groups in total. The molecule has 4 saturated carbocycles. The van der Waals surface area contributed by atoms with E-state index in [1.807, 2.05) is 0 Å². The molecule has 0 spiro atoms. The van der Waals surface area contributed by atoms with Gasteiger partial charge in [-0.2, -0.15) is 4.98 Å². The fourth-order valence-electron chi connectivity index (χ4n) is 6.25. The average Bonchev–Trinajstić information content (AvgIpc) is 3.13. The van der Waals surface area contributed by atoms with E-state index in [0.717, 1.165) is 42.9 Å². The molecule has 5 nitrogen and oxygen atoms in total. The Morgan fingerprint density at radius 3 is 2.48 bits per heavy atom. The second-order valence-corrected chi connectivity index (χ2v) is 8.25. The Hall–Kier alpha value is -1.65. The van der Waals surface area contributed by atoms with Gasteiger partial charge in [0.1, 0.15) is 5.82 Å². The third kappa shape index (κ3) is 1.65. The van der Waals surface area contributed by atoms with Gasteiger partial charge >= 0.3 is 0 Å². The molecule has 0 saturated heterocycles. The van der Waals surface area contributed by atoms with E-state index >= 15 is 0 Å². The Balaban J connectivity index is 1.48. The van der Waals surface area contributed by atoms with Crippen LogP contribution in [0.15, 0.2) is 9.21 Å². The summed E-state index contributed by atoms with van der Waals surface area (Å²) in [4.78, 5) is 21.9. The van der Waals surface area contributed by atoms with Crippen molar-refractivity contribution >= 4 is 11.2 Å². The second kappa shape index (κ2) is 4.25. The van der Waals surface area contributed by atoms with Gasteiger partial charge in [0.2, 0.25) is 5.89 Å². The number of aryl methyl sites for hydroxylation is 1. The highest BCUT2D eigenvalue weighted by Gasteiger charge is 2.50. The average molecular weight is 311 g/mol. The van der Waals surface area contributed by atoms with Crippen LogP contribution in [0.1, 0.15) is 56.2 Å². The van der Waals surface area contributed by atoms with E-state index in [1.165, 1.54) is 32.1 Å². The van der Waals surface area contributed by atoms with Crippen LogP contribution in [0.4, 0.5) is 0 Å². The molecule has 2 aromatic heterocycles. The molecule has 3 heterocycles. The quantitative estimate of drug-likeness (QED) is 0.812. The van der Waals surface area contributed by atoms with E-state index in [9.17, 15) is 4.79 Å². The van der Waals surface area contributed by atoms with Gasteiger partial charge in [0, 0.05) is 18.9 Å². The minimum atomic E-state index is 0.00122. The van der Waals surface area contributed by atoms with Gasteiger partial charge in [-0.3, -0.25) is 9.36 Å². The van der Waals surface area contributed by atoms with E-state index < -0.39 is 0 Å². The second-order valence-electron chi connectivity index (χ2n) is 8.25. The molecule has 5 heteroatoms. The van der Waals surface area contributed by atoms with Crippen molar-refractivity contribution in [3.8, 4) is 0 Å². The summed E-state index contributed by atoms with van der Waals surface area (Å²) in [6.07, 6.45) is 8.65. The van der Waals surface area contributed by atoms with Crippen LogP contribution in [0.5, 0.6) is 0 Å². The molecule has 23 heavy (non-hydrogen) atoms. The van der Waals surface area contributed by atoms with E-state index in [-0.39, 0.29) is 5.56 Å². The summed E-state index contributed by atoms with van der Waals surface area (Å²) in [7, 11) is 0. The maximum atomic E-state index is 12.6. The van der Waals surface area contributed by atoms with Gasteiger partial charge in [-0.25, -0.2) is 4.98 Å². The Bertz CT molecular complexity index is 837. The van der Waals surface area contributed by atoms with Crippen LogP contribution < -0.4 is 5.56 Å². The molecule has 120 valence electrons. The molecular weight excluding hydrogens is 290 g/mol. The predicted octanol–water partition coefficient (Wildman–Crippen LogP) is 2.87. The van der Waals surface area contributed by atoms with Crippen molar-refractivity contribution in [2.75, 3.05) is 0 Å². The Kier molecular flexibility index (Phi) is 2.35. The monoisotopic (exact) mass is 311 g/mol. The third-order valence-electron chi connectivity index (χ3n) is 6.91. The summed E-state index contributed by atoms with van der Waals surface area (Å²) >= 11 is 0. The van der Waals surface area contributed by atoms with Crippen LogP contribution in [-0.2, 0) is 13.0 Å². The zero-order chi connectivity index (χ0) is 15.1. The van der Waals surface area contributed by atoms with Crippen molar-refractivity contribution in [3.05, 3.63) is 22.1 Å². The summed E-state index contributed by atoms with van der Waals surface area (Å²) < 4.78 is 7.85. The molecule has 0 aromatic carbocycles. The number of hydrogen-bond donors (Lipinski definition) is 0. The van der Waals surface area contributed by atoms with Gasteiger partial charge in [0.15, 0.2) is 5.52 Å². The summed E-state index contributed by atoms with van der Waals surface area (Å²) in [6.45, 7) is 0.775. The Labute approximate surface area is 134 Å². The van der Waals surface area contributed by atoms with Gasteiger partial charge < -0.3 is 4.42 Å². The first-order chi connectivity index (χ1) is 11.3. The van der Waals surface area contributed by atoms with Crippen molar-refractivity contribution < 1.29 is 4.42 Å². The lowest BCUT2D eigenvalue weighted by molar-refractivity contribution is -0.0110. The van der Waals surface area contributed by atoms with Crippen molar-refractivity contribution in [3.63, 3.8) is 0 Å². The van der Waals surface area contributed by atoms with Crippen molar-refractivity contribution in [1.29, 1.82) is 0 Å². The number of oxazole rings is 1. The van der Waals surface area contributed by atoms with Crippen molar-refractivity contribution in [2.45, 2.75) is 57.4 Å². The first-order valence-corrected chi connectivity index (χ1v) is 9.16. The largest absolute Gasteiger partial charge is 0.422 e. The standard InChI is InChI=1S/C18H21N3O2/c22-18-15-17(19-13-2-1-3-21(13)18)23-16(20-15)14-11-5-9-4-10(7-11)8-12(14)6-9/h9-12,14H,1-8H2. The lowest BCUT2D eigenvalue weighted by Gasteiger charge is -2.53. The zero-order valence-electron chi connectivity index (χ0n) is 13.2. The van der Waals surface area contributed by atoms with Crippen LogP contribution in [0, 0.1) is 23.7 Å². The lowest BCUT2D eigenvalue weighted by Crippen LogP contribution is -2.43. The molecule has 5 aliphatic rings. The molecule has 1 aliphatic heterocycles. The molecule has 0 unspecified atom stereocenters. The Morgan fingerprint density at radius 1 is 1.00 bits per heavy atom. The fraction of sp³-hybridized carbons (Fsp3) is 0.722. The van der Waals surface area contributed by atoms with Gasteiger partial charge in [0.25, 0.3) is 11.3 Å². The van der Waals surface area contributed by atoms with Crippen LogP contribution in [0.3, 0.4) is 0 Å². The number of hydrogen-bond acceptors (Lipinski definition) is 4. The SMILES string of the molecule is O=c1c2nc(C3C4CC5CC(C4)CC3C5)oc2nc2n1CCC2. The maximum absolute atomic E-state index is 12.6. The minimum Gasteiger partial charge on any atom is -0.422 e. The molecule has 0 amide bonds. The number of fused-ring (bicyclic) bond motifs is 2. The van der Waals surface area contributed by atoms with Gasteiger partial charge in [-0.1, -0.05) is 0 Å². The number of aromatic nitrogens is 3. The van der Waals surface area contributed by atoms with Crippen LogP contribution in [0.2, 0.25) is 0 Å². The third-order valence-corrected chi connectivity index (χ3v) is 6.91. The highest BCUT2D eigenvalue weighted by molar-refractivity contribution is 5.67. The molecule has 4 fully saturated rings. The summed E-state index contributed by atoms with van der Waals surface area (Å²) in [5.41, 5.74) is 0.938. The first kappa shape index (κ1) is 12.7. The number of rotatable bonds is 1. The maximum Gasteiger partial charge on any atom is 0.283 e. The summed E-state index contributed by atoms with van der Waals surface area (Å²) in [6, 6.07) is 0. The van der Waals surface area contributed by atoms with E-state index in [2.05, 4.69) is 9.97 Å². The predicted molar refractivity (Wildman–Crippen MR) is 84.2 cm³/mol. The lowest BCUT2D eigenvalue weighted by atomic mass is 9.52. The van der Waals surface area contributed by atoms with E-state index in [4.69, 9.17) is 4.42 Å². The van der Waals surface area contributed by atoms with E-state index in [0.29, 0.717) is 29.0 Å². The van der Waals surface area contributed by atoms with Crippen molar-refractivity contribution in [2.24, 2.45) is 23.7 Å². The molecule has 2 aromatic rings. The minimum absolute atomic E-state index is 0.00122. The molecular formula is C18H21N3O2. The van der Waals surface area contributed by atoms with Gasteiger partial charge in [-0.05, 0) is 62.2 Å². The fourth-order valence-corrected chi connectivity index (χ4v) is 6.25. The smallest absolute Gasteiger partial charge is 0.283 e. The van der Waals surface area contributed by atoms with Crippen LogP contribution in [0.25, 0.3) is 11.2 Å². The molecule has 0 radical (unpaired) electrons. The number of nitrogens with zero attached hydrogens (tertiary/aromatic N) is 3. The van der Waals surface area contributed by atoms with Crippen molar-refractivity contribution in [1.82, 2.24) is 14.5 Å². The highest BCUT2D eigenvalue weighted by atomic mass is 16.4. The molecule has 7 rings (SSSR count).